The van der Waals surface area contributed by atoms with E-state index >= 15 is 0 Å². The quantitative estimate of drug-likeness (QED) is 0.722. The molecular weight excluding hydrogens is 240 g/mol. The van der Waals surface area contributed by atoms with E-state index in [9.17, 15) is 0 Å². The predicted octanol–water partition coefficient (Wildman–Crippen LogP) is 5.00. The van der Waals surface area contributed by atoms with Crippen molar-refractivity contribution in [3.63, 3.8) is 0 Å². The van der Waals surface area contributed by atoms with Crippen molar-refractivity contribution in [3.8, 4) is 0 Å². The van der Waals surface area contributed by atoms with Crippen LogP contribution in [0, 0.1) is 0 Å². The molecule has 0 atom stereocenters. The van der Waals surface area contributed by atoms with Crippen molar-refractivity contribution in [1.82, 2.24) is 0 Å². The lowest BCUT2D eigenvalue weighted by Crippen LogP contribution is -1.92. The summed E-state index contributed by atoms with van der Waals surface area (Å²) in [6, 6.07) is 17.3. The van der Waals surface area contributed by atoms with Gasteiger partial charge in [-0.25, -0.2) is 0 Å². The number of halogens is 1. The molecule has 0 unspecified atom stereocenters. The first-order chi connectivity index (χ1) is 8.81. The fraction of sp³-hybridized carbons (Fsp3) is 0.294. The van der Waals surface area contributed by atoms with Crippen LogP contribution in [0.5, 0.6) is 0 Å². The normalized spacial score (nSPS) is 14.7. The molecule has 1 fully saturated rings. The maximum Gasteiger partial charge on any atom is 0.0406 e. The molecule has 0 amide bonds. The Morgan fingerprint density at radius 1 is 0.889 bits per heavy atom. The minimum Gasteiger partial charge on any atom is -0.0843 e. The van der Waals surface area contributed by atoms with Gasteiger partial charge in [-0.1, -0.05) is 48.0 Å². The van der Waals surface area contributed by atoms with Crippen LogP contribution >= 0.6 is 11.6 Å². The Morgan fingerprint density at radius 3 is 2.33 bits per heavy atom. The molecule has 0 radical (unpaired) electrons. The maximum absolute atomic E-state index is 5.89. The highest BCUT2D eigenvalue weighted by molar-refractivity contribution is 6.30. The zero-order chi connectivity index (χ0) is 12.4. The van der Waals surface area contributed by atoms with Crippen molar-refractivity contribution in [3.05, 3.63) is 70.2 Å². The van der Waals surface area contributed by atoms with Crippen molar-refractivity contribution in [2.24, 2.45) is 0 Å². The van der Waals surface area contributed by atoms with Gasteiger partial charge in [0.2, 0.25) is 0 Å². The average Bonchev–Trinajstić information content (AvgIpc) is 3.23. The predicted molar refractivity (Wildman–Crippen MR) is 77.3 cm³/mol. The van der Waals surface area contributed by atoms with Gasteiger partial charge in [0.1, 0.15) is 0 Å². The number of hydrogen-bond acceptors (Lipinski definition) is 0. The first-order valence-electron chi connectivity index (χ1n) is 6.64. The molecule has 0 saturated heterocycles. The first-order valence-corrected chi connectivity index (χ1v) is 7.02. The highest BCUT2D eigenvalue weighted by atomic mass is 35.5. The van der Waals surface area contributed by atoms with E-state index < -0.39 is 0 Å². The summed E-state index contributed by atoms with van der Waals surface area (Å²) < 4.78 is 0. The van der Waals surface area contributed by atoms with Crippen LogP contribution in [0.15, 0.2) is 48.5 Å². The number of rotatable bonds is 4. The Balaban J connectivity index is 1.65. The van der Waals surface area contributed by atoms with E-state index in [1.807, 2.05) is 12.1 Å². The van der Waals surface area contributed by atoms with Gasteiger partial charge in [0, 0.05) is 5.02 Å². The second kappa shape index (κ2) is 5.16. The molecule has 2 aromatic rings. The van der Waals surface area contributed by atoms with Crippen LogP contribution in [0.2, 0.25) is 5.02 Å². The Hall–Kier alpha value is -1.27. The lowest BCUT2D eigenvalue weighted by atomic mass is 10.0. The third-order valence-electron chi connectivity index (χ3n) is 3.62. The maximum atomic E-state index is 5.89. The fourth-order valence-electron chi connectivity index (χ4n) is 2.36. The molecule has 1 saturated carbocycles. The van der Waals surface area contributed by atoms with Crippen LogP contribution in [-0.2, 0) is 12.8 Å². The molecule has 92 valence electrons. The second-order valence-electron chi connectivity index (χ2n) is 5.15. The summed E-state index contributed by atoms with van der Waals surface area (Å²) >= 11 is 5.89. The molecule has 0 spiro atoms. The molecule has 0 aliphatic heterocycles. The fourth-order valence-corrected chi connectivity index (χ4v) is 2.48. The summed E-state index contributed by atoms with van der Waals surface area (Å²) in [6.45, 7) is 0. The molecule has 0 aromatic heterocycles. The van der Waals surface area contributed by atoms with E-state index in [4.69, 9.17) is 11.6 Å². The smallest absolute Gasteiger partial charge is 0.0406 e. The summed E-state index contributed by atoms with van der Waals surface area (Å²) in [5.41, 5.74) is 4.34. The van der Waals surface area contributed by atoms with Crippen LogP contribution in [0.1, 0.15) is 35.4 Å². The Kier molecular flexibility index (Phi) is 3.38. The van der Waals surface area contributed by atoms with Crippen LogP contribution in [0.4, 0.5) is 0 Å². The van der Waals surface area contributed by atoms with Crippen molar-refractivity contribution < 1.29 is 0 Å². The van der Waals surface area contributed by atoms with E-state index in [-0.39, 0.29) is 0 Å². The number of hydrogen-bond donors (Lipinski definition) is 0. The lowest BCUT2D eigenvalue weighted by molar-refractivity contribution is 0.953. The first kappa shape index (κ1) is 11.8. The molecule has 0 nitrogen and oxygen atoms in total. The van der Waals surface area contributed by atoms with E-state index in [0.29, 0.717) is 0 Å². The molecule has 2 aromatic carbocycles. The SMILES string of the molecule is Clc1ccc(CCc2cccc(C3CC3)c2)cc1. The largest absolute Gasteiger partial charge is 0.0843 e. The van der Waals surface area contributed by atoms with Crippen LogP contribution in [-0.4, -0.2) is 0 Å². The molecule has 0 bridgehead atoms. The second-order valence-corrected chi connectivity index (χ2v) is 5.58. The van der Waals surface area contributed by atoms with Crippen LogP contribution in [0.3, 0.4) is 0 Å². The molecule has 1 aliphatic carbocycles. The highest BCUT2D eigenvalue weighted by Gasteiger charge is 2.23. The lowest BCUT2D eigenvalue weighted by Gasteiger charge is -2.05. The van der Waals surface area contributed by atoms with Crippen molar-refractivity contribution in [2.45, 2.75) is 31.6 Å². The summed E-state index contributed by atoms with van der Waals surface area (Å²) in [5, 5.41) is 0.814. The summed E-state index contributed by atoms with van der Waals surface area (Å²) in [5.74, 6) is 0.848. The van der Waals surface area contributed by atoms with Gasteiger partial charge in [0.15, 0.2) is 0 Å². The van der Waals surface area contributed by atoms with Crippen LogP contribution < -0.4 is 0 Å². The van der Waals surface area contributed by atoms with Gasteiger partial charge in [-0.3, -0.25) is 0 Å². The molecule has 3 rings (SSSR count). The van der Waals surface area contributed by atoms with E-state index in [0.717, 1.165) is 23.8 Å². The van der Waals surface area contributed by atoms with Gasteiger partial charge in [-0.2, -0.15) is 0 Å². The van der Waals surface area contributed by atoms with Crippen LogP contribution in [0.25, 0.3) is 0 Å². The third-order valence-corrected chi connectivity index (χ3v) is 3.87. The molecule has 0 N–H and O–H groups in total. The molecule has 0 heterocycles. The van der Waals surface area contributed by atoms with E-state index in [1.54, 1.807) is 0 Å². The summed E-state index contributed by atoms with van der Waals surface area (Å²) in [4.78, 5) is 0. The summed E-state index contributed by atoms with van der Waals surface area (Å²) in [7, 11) is 0. The molecule has 1 heteroatoms. The zero-order valence-corrected chi connectivity index (χ0v) is 11.2. The van der Waals surface area contributed by atoms with E-state index in [2.05, 4.69) is 36.4 Å². The van der Waals surface area contributed by atoms with Crippen molar-refractivity contribution in [1.29, 1.82) is 0 Å². The van der Waals surface area contributed by atoms with Gasteiger partial charge < -0.3 is 0 Å². The Bertz CT molecular complexity index is 524. The Labute approximate surface area is 114 Å². The minimum absolute atomic E-state index is 0.814. The zero-order valence-electron chi connectivity index (χ0n) is 10.4. The van der Waals surface area contributed by atoms with Gasteiger partial charge in [-0.05, 0) is 60.4 Å². The summed E-state index contributed by atoms with van der Waals surface area (Å²) in [6.07, 6.45) is 4.95. The van der Waals surface area contributed by atoms with Gasteiger partial charge in [-0.15, -0.1) is 0 Å². The molecular formula is C17H17Cl. The molecule has 1 aliphatic rings. The van der Waals surface area contributed by atoms with Crippen molar-refractivity contribution in [2.75, 3.05) is 0 Å². The number of benzene rings is 2. The van der Waals surface area contributed by atoms with E-state index in [1.165, 1.54) is 29.5 Å². The topological polar surface area (TPSA) is 0 Å². The average molecular weight is 257 g/mol. The van der Waals surface area contributed by atoms with Gasteiger partial charge in [0.25, 0.3) is 0 Å². The monoisotopic (exact) mass is 256 g/mol. The molecule has 18 heavy (non-hydrogen) atoms. The van der Waals surface area contributed by atoms with Crippen molar-refractivity contribution >= 4 is 11.6 Å². The third kappa shape index (κ3) is 2.94. The van der Waals surface area contributed by atoms with Gasteiger partial charge >= 0.3 is 0 Å². The van der Waals surface area contributed by atoms with Gasteiger partial charge in [0.05, 0.1) is 0 Å². The number of aryl methyl sites for hydroxylation is 2. The standard InChI is InChI=1S/C17H17Cl/c18-17-10-6-13(7-11-17)4-5-14-2-1-3-16(12-14)15-8-9-15/h1-3,6-7,10-12,15H,4-5,8-9H2. The highest BCUT2D eigenvalue weighted by Crippen LogP contribution is 2.40. The minimum atomic E-state index is 0.814. The Morgan fingerprint density at radius 2 is 1.61 bits per heavy atom.